The molecule has 1 atom stereocenters. The van der Waals surface area contributed by atoms with Gasteiger partial charge in [0.1, 0.15) is 12.4 Å². The van der Waals surface area contributed by atoms with Crippen LogP contribution in [-0.2, 0) is 19.4 Å². The summed E-state index contributed by atoms with van der Waals surface area (Å²) in [6, 6.07) is 5.89. The van der Waals surface area contributed by atoms with Crippen LogP contribution in [0.2, 0.25) is 0 Å². The van der Waals surface area contributed by atoms with E-state index in [2.05, 4.69) is 31.3 Å². The lowest BCUT2D eigenvalue weighted by Gasteiger charge is -2.33. The maximum absolute atomic E-state index is 13.8. The molecule has 0 aromatic heterocycles. The van der Waals surface area contributed by atoms with E-state index in [1.54, 1.807) is 4.90 Å². The fourth-order valence-corrected chi connectivity index (χ4v) is 4.08. The summed E-state index contributed by atoms with van der Waals surface area (Å²) in [6.45, 7) is 5.55. The van der Waals surface area contributed by atoms with Gasteiger partial charge in [0.15, 0.2) is 11.6 Å². The van der Waals surface area contributed by atoms with Crippen molar-refractivity contribution in [3.8, 4) is 5.75 Å². The van der Waals surface area contributed by atoms with Crippen LogP contribution in [0.5, 0.6) is 5.75 Å². The average molecular weight is 372 g/mol. The molecule has 2 amide bonds. The van der Waals surface area contributed by atoms with E-state index in [4.69, 9.17) is 4.74 Å². The van der Waals surface area contributed by atoms with Crippen molar-refractivity contribution >= 4 is 6.03 Å². The van der Waals surface area contributed by atoms with Crippen LogP contribution < -0.4 is 10.1 Å². The Morgan fingerprint density at radius 3 is 2.81 bits per heavy atom. The maximum Gasteiger partial charge on any atom is 0.318 e. The summed E-state index contributed by atoms with van der Waals surface area (Å²) in [4.78, 5) is 14.5. The molecule has 2 aliphatic heterocycles. The minimum Gasteiger partial charge on any atom is -0.488 e. The number of halogens is 2. The Balaban J connectivity index is 1.44. The third-order valence-electron chi connectivity index (χ3n) is 5.30. The van der Waals surface area contributed by atoms with Gasteiger partial charge in [0.2, 0.25) is 0 Å². The van der Waals surface area contributed by atoms with Crippen molar-refractivity contribution in [2.45, 2.75) is 39.3 Å². The first-order valence-electron chi connectivity index (χ1n) is 9.16. The molecule has 2 heterocycles. The van der Waals surface area contributed by atoms with Crippen molar-refractivity contribution in [1.29, 1.82) is 0 Å². The maximum atomic E-state index is 13.8. The summed E-state index contributed by atoms with van der Waals surface area (Å²) in [7, 11) is 0. The molecule has 0 saturated carbocycles. The molecule has 0 saturated heterocycles. The van der Waals surface area contributed by atoms with Crippen LogP contribution in [0.1, 0.15) is 27.8 Å². The number of aryl methyl sites for hydroxylation is 2. The van der Waals surface area contributed by atoms with Gasteiger partial charge in [-0.25, -0.2) is 13.6 Å². The van der Waals surface area contributed by atoms with Gasteiger partial charge < -0.3 is 15.0 Å². The third-order valence-corrected chi connectivity index (χ3v) is 5.30. The number of hydrogen-bond donors (Lipinski definition) is 1. The van der Waals surface area contributed by atoms with Crippen LogP contribution in [0.4, 0.5) is 13.6 Å². The molecule has 0 aliphatic carbocycles. The van der Waals surface area contributed by atoms with Gasteiger partial charge in [-0.05, 0) is 49.4 Å². The molecule has 1 N–H and O–H groups in total. The average Bonchev–Trinajstić information content (AvgIpc) is 2.60. The summed E-state index contributed by atoms with van der Waals surface area (Å²) < 4.78 is 32.6. The second-order valence-corrected chi connectivity index (χ2v) is 7.43. The number of urea groups is 1. The van der Waals surface area contributed by atoms with E-state index < -0.39 is 11.6 Å². The van der Waals surface area contributed by atoms with Gasteiger partial charge >= 0.3 is 6.03 Å². The van der Waals surface area contributed by atoms with Crippen LogP contribution in [0.25, 0.3) is 0 Å². The number of hydrogen-bond acceptors (Lipinski definition) is 2. The summed E-state index contributed by atoms with van der Waals surface area (Å²) in [5.74, 6) is -1.26. The number of nitrogens with one attached hydrogen (secondary N) is 1. The number of benzene rings is 2. The number of amides is 2. The van der Waals surface area contributed by atoms with Crippen molar-refractivity contribution in [3.05, 3.63) is 63.7 Å². The van der Waals surface area contributed by atoms with E-state index in [0.29, 0.717) is 25.1 Å². The van der Waals surface area contributed by atoms with Gasteiger partial charge in [0, 0.05) is 24.7 Å². The van der Waals surface area contributed by atoms with Crippen LogP contribution in [-0.4, -0.2) is 30.1 Å². The second-order valence-electron chi connectivity index (χ2n) is 7.43. The first-order valence-corrected chi connectivity index (χ1v) is 9.16. The van der Waals surface area contributed by atoms with E-state index in [1.165, 1.54) is 28.3 Å². The van der Waals surface area contributed by atoms with Crippen LogP contribution >= 0.6 is 0 Å². The molecule has 2 aliphatic rings. The topological polar surface area (TPSA) is 41.6 Å². The van der Waals surface area contributed by atoms with E-state index in [9.17, 15) is 13.6 Å². The number of fused-ring (bicyclic) bond motifs is 2. The zero-order valence-corrected chi connectivity index (χ0v) is 15.4. The smallest absolute Gasteiger partial charge is 0.318 e. The van der Waals surface area contributed by atoms with Gasteiger partial charge in [0.25, 0.3) is 0 Å². The minimum atomic E-state index is -0.701. The van der Waals surface area contributed by atoms with Gasteiger partial charge in [-0.3, -0.25) is 0 Å². The normalized spacial score (nSPS) is 18.4. The molecule has 142 valence electrons. The highest BCUT2D eigenvalue weighted by molar-refractivity contribution is 5.75. The Bertz CT molecular complexity index is 914. The first kappa shape index (κ1) is 17.8. The third kappa shape index (κ3) is 3.48. The molecule has 0 radical (unpaired) electrons. The summed E-state index contributed by atoms with van der Waals surface area (Å²) in [5.41, 5.74) is 5.41. The Labute approximate surface area is 157 Å². The standard InChI is InChI=1S/C21H22F2N2O2/c1-12-5-13(2)18-3-4-25(10-15(18)6-12)21(26)24-17-8-14-7-16(22)9-19(23)20(14)27-11-17/h5-7,9,17H,3-4,8,10-11H2,1-2H3,(H,24,26). The SMILES string of the molecule is Cc1cc(C)c2c(c1)CN(C(=O)NC1COc3c(F)cc(F)cc3C1)CC2. The fraction of sp³-hybridized carbons (Fsp3) is 0.381. The molecule has 2 aromatic carbocycles. The highest BCUT2D eigenvalue weighted by atomic mass is 19.1. The number of carbonyl (C=O) groups is 1. The molecule has 4 nitrogen and oxygen atoms in total. The van der Waals surface area contributed by atoms with E-state index in [-0.39, 0.29) is 24.4 Å². The Morgan fingerprint density at radius 1 is 1.19 bits per heavy atom. The summed E-state index contributed by atoms with van der Waals surface area (Å²) in [5, 5.41) is 2.95. The predicted octanol–water partition coefficient (Wildman–Crippen LogP) is 3.65. The molecule has 0 fully saturated rings. The van der Waals surface area contributed by atoms with E-state index in [0.717, 1.165) is 12.5 Å². The molecule has 0 spiro atoms. The van der Waals surface area contributed by atoms with Gasteiger partial charge in [-0.2, -0.15) is 0 Å². The molecule has 27 heavy (non-hydrogen) atoms. The summed E-state index contributed by atoms with van der Waals surface area (Å²) in [6.07, 6.45) is 1.17. The lowest BCUT2D eigenvalue weighted by molar-refractivity contribution is 0.174. The van der Waals surface area contributed by atoms with Gasteiger partial charge in [0.05, 0.1) is 6.04 Å². The highest BCUT2D eigenvalue weighted by Crippen LogP contribution is 2.29. The highest BCUT2D eigenvalue weighted by Gasteiger charge is 2.28. The Kier molecular flexibility index (Phi) is 4.50. The second kappa shape index (κ2) is 6.83. The molecular formula is C21H22F2N2O2. The number of nitrogens with zero attached hydrogens (tertiary/aromatic N) is 1. The number of ether oxygens (including phenoxy) is 1. The van der Waals surface area contributed by atoms with Crippen molar-refractivity contribution < 1.29 is 18.3 Å². The zero-order chi connectivity index (χ0) is 19.1. The Morgan fingerprint density at radius 2 is 2.00 bits per heavy atom. The zero-order valence-electron chi connectivity index (χ0n) is 15.4. The fourth-order valence-electron chi connectivity index (χ4n) is 4.08. The molecule has 6 heteroatoms. The predicted molar refractivity (Wildman–Crippen MR) is 97.9 cm³/mol. The molecule has 2 aromatic rings. The van der Waals surface area contributed by atoms with Crippen molar-refractivity contribution in [1.82, 2.24) is 10.2 Å². The van der Waals surface area contributed by atoms with Crippen LogP contribution in [0.3, 0.4) is 0 Å². The lowest BCUT2D eigenvalue weighted by Crippen LogP contribution is -2.50. The molecular weight excluding hydrogens is 350 g/mol. The lowest BCUT2D eigenvalue weighted by atomic mass is 9.93. The van der Waals surface area contributed by atoms with Gasteiger partial charge in [-0.15, -0.1) is 0 Å². The van der Waals surface area contributed by atoms with E-state index >= 15 is 0 Å². The summed E-state index contributed by atoms with van der Waals surface area (Å²) >= 11 is 0. The van der Waals surface area contributed by atoms with Crippen molar-refractivity contribution in [3.63, 3.8) is 0 Å². The molecule has 4 rings (SSSR count). The monoisotopic (exact) mass is 372 g/mol. The minimum absolute atomic E-state index is 0.0831. The quantitative estimate of drug-likeness (QED) is 0.830. The molecule has 0 bridgehead atoms. The number of rotatable bonds is 1. The first-order chi connectivity index (χ1) is 12.9. The van der Waals surface area contributed by atoms with Crippen LogP contribution in [0, 0.1) is 25.5 Å². The van der Waals surface area contributed by atoms with Crippen molar-refractivity contribution in [2.75, 3.05) is 13.2 Å². The number of carbonyl (C=O) groups excluding carboxylic acids is 1. The largest absolute Gasteiger partial charge is 0.488 e. The van der Waals surface area contributed by atoms with Crippen molar-refractivity contribution in [2.24, 2.45) is 0 Å². The van der Waals surface area contributed by atoms with Gasteiger partial charge in [-0.1, -0.05) is 17.7 Å². The van der Waals surface area contributed by atoms with E-state index in [1.807, 2.05) is 0 Å². The molecule has 1 unspecified atom stereocenters. The van der Waals surface area contributed by atoms with Crippen LogP contribution in [0.15, 0.2) is 24.3 Å². The Hall–Kier alpha value is -2.63.